The molecular weight excluding hydrogens is 396 g/mol. The molecule has 0 spiro atoms. The number of amides is 1. The first kappa shape index (κ1) is 23.1. The number of nitrogens with one attached hydrogen (secondary N) is 1. The van der Waals surface area contributed by atoms with Gasteiger partial charge in [0.1, 0.15) is 17.7 Å². The van der Waals surface area contributed by atoms with E-state index >= 15 is 0 Å². The molecule has 0 bridgehead atoms. The Morgan fingerprint density at radius 2 is 1.96 bits per heavy atom. The molecule has 3 rings (SSSR count). The van der Waals surface area contributed by atoms with Crippen LogP contribution in [0.5, 0.6) is 11.6 Å². The number of pyridine rings is 1. The van der Waals surface area contributed by atoms with E-state index < -0.39 is 6.10 Å². The van der Waals surface area contributed by atoms with E-state index in [1.54, 1.807) is 12.3 Å². The maximum absolute atomic E-state index is 12.9. The predicted octanol–water partition coefficient (Wildman–Crippen LogP) is 2.98. The summed E-state index contributed by atoms with van der Waals surface area (Å²) in [5.41, 5.74) is 6.38. The normalized spacial score (nSPS) is 18.1. The van der Waals surface area contributed by atoms with Gasteiger partial charge in [0.2, 0.25) is 11.8 Å². The van der Waals surface area contributed by atoms with Crippen LogP contribution in [0.15, 0.2) is 42.6 Å². The van der Waals surface area contributed by atoms with Gasteiger partial charge in [-0.2, -0.15) is 0 Å². The van der Waals surface area contributed by atoms with Crippen molar-refractivity contribution in [1.29, 1.82) is 0 Å². The van der Waals surface area contributed by atoms with E-state index in [1.807, 2.05) is 6.07 Å². The van der Waals surface area contributed by atoms with Gasteiger partial charge in [-0.1, -0.05) is 6.07 Å². The Bertz CT molecular complexity index is 717. The summed E-state index contributed by atoms with van der Waals surface area (Å²) >= 11 is 0. The Labute approximate surface area is 169 Å². The van der Waals surface area contributed by atoms with Gasteiger partial charge in [0.25, 0.3) is 0 Å². The molecule has 2 aromatic rings. The first-order valence-electron chi connectivity index (χ1n) is 8.15. The van der Waals surface area contributed by atoms with Crippen LogP contribution in [0.3, 0.4) is 0 Å². The highest BCUT2D eigenvalue weighted by atomic mass is 35.5. The van der Waals surface area contributed by atoms with Gasteiger partial charge in [-0.25, -0.2) is 9.37 Å². The van der Waals surface area contributed by atoms with Crippen molar-refractivity contribution in [3.8, 4) is 11.6 Å². The molecule has 148 valence electrons. The summed E-state index contributed by atoms with van der Waals surface area (Å²) in [5.74, 6) is 0.437. The highest BCUT2D eigenvalue weighted by molar-refractivity contribution is 5.85. The average Bonchev–Trinajstić information content (AvgIpc) is 3.12. The summed E-state index contributed by atoms with van der Waals surface area (Å²) in [7, 11) is 0. The van der Waals surface area contributed by atoms with Crippen LogP contribution in [0.2, 0.25) is 0 Å². The van der Waals surface area contributed by atoms with E-state index in [1.165, 1.54) is 24.3 Å². The fourth-order valence-electron chi connectivity index (χ4n) is 2.57. The third-order valence-corrected chi connectivity index (χ3v) is 3.96. The fourth-order valence-corrected chi connectivity index (χ4v) is 2.57. The quantitative estimate of drug-likeness (QED) is 0.754. The summed E-state index contributed by atoms with van der Waals surface area (Å²) in [6, 6.07) is 9.20. The van der Waals surface area contributed by atoms with E-state index in [0.717, 1.165) is 12.0 Å². The number of nitrogens with zero attached hydrogens (tertiary/aromatic N) is 1. The zero-order valence-electron chi connectivity index (χ0n) is 14.5. The summed E-state index contributed by atoms with van der Waals surface area (Å²) in [5, 5.41) is 2.83. The summed E-state index contributed by atoms with van der Waals surface area (Å²) in [6.45, 7) is 0.791. The van der Waals surface area contributed by atoms with Crippen LogP contribution in [0.4, 0.5) is 4.39 Å². The zero-order valence-corrected chi connectivity index (χ0v) is 16.1. The molecule has 0 unspecified atom stereocenters. The lowest BCUT2D eigenvalue weighted by Gasteiger charge is -2.12. The lowest BCUT2D eigenvalue weighted by molar-refractivity contribution is -0.132. The van der Waals surface area contributed by atoms with Gasteiger partial charge < -0.3 is 20.5 Å². The van der Waals surface area contributed by atoms with E-state index in [0.29, 0.717) is 31.1 Å². The number of ether oxygens (including phenoxy) is 2. The molecule has 1 aliphatic rings. The van der Waals surface area contributed by atoms with Crippen LogP contribution in [0.1, 0.15) is 18.4 Å². The Hall–Kier alpha value is -1.93. The third kappa shape index (κ3) is 6.62. The van der Waals surface area contributed by atoms with Gasteiger partial charge in [-0.05, 0) is 42.7 Å². The molecule has 3 N–H and O–H groups in total. The molecule has 1 aliphatic heterocycles. The largest absolute Gasteiger partial charge is 0.439 e. The lowest BCUT2D eigenvalue weighted by Crippen LogP contribution is -2.35. The van der Waals surface area contributed by atoms with Crippen molar-refractivity contribution in [2.45, 2.75) is 31.6 Å². The summed E-state index contributed by atoms with van der Waals surface area (Å²) < 4.78 is 23.9. The van der Waals surface area contributed by atoms with Crippen LogP contribution in [-0.4, -0.2) is 29.6 Å². The second kappa shape index (κ2) is 11.0. The van der Waals surface area contributed by atoms with Crippen molar-refractivity contribution in [1.82, 2.24) is 10.3 Å². The predicted molar refractivity (Wildman–Crippen MR) is 104 cm³/mol. The highest BCUT2D eigenvalue weighted by Crippen LogP contribution is 2.20. The van der Waals surface area contributed by atoms with E-state index in [2.05, 4.69) is 10.3 Å². The van der Waals surface area contributed by atoms with E-state index in [4.69, 9.17) is 15.2 Å². The van der Waals surface area contributed by atoms with Crippen LogP contribution in [0.25, 0.3) is 0 Å². The molecule has 27 heavy (non-hydrogen) atoms. The highest BCUT2D eigenvalue weighted by Gasteiger charge is 2.29. The molecule has 2 atom stereocenters. The molecule has 6 nitrogen and oxygen atoms in total. The minimum absolute atomic E-state index is 0. The number of rotatable bonds is 6. The first-order valence-corrected chi connectivity index (χ1v) is 8.15. The van der Waals surface area contributed by atoms with Crippen molar-refractivity contribution < 1.29 is 18.7 Å². The van der Waals surface area contributed by atoms with Gasteiger partial charge >= 0.3 is 0 Å². The molecule has 1 aromatic carbocycles. The number of hydrogen-bond acceptors (Lipinski definition) is 5. The Morgan fingerprint density at radius 1 is 1.22 bits per heavy atom. The first-order chi connectivity index (χ1) is 12.1. The van der Waals surface area contributed by atoms with Crippen molar-refractivity contribution in [2.75, 3.05) is 6.54 Å². The number of halogens is 3. The third-order valence-electron chi connectivity index (χ3n) is 3.96. The standard InChI is InChI=1S/C18H20FN3O3.2ClH/c19-13-2-4-14(5-3-13)25-17-8-1-12(10-21-17)11-22-18(23)16-7-6-15(9-20)24-16;;/h1-5,8,10,15-16H,6-7,9,11,20H2,(H,22,23);2*1H/t15-,16+;;/m1../s1. The lowest BCUT2D eigenvalue weighted by atomic mass is 10.2. The SMILES string of the molecule is Cl.Cl.NC[C@H]1CC[C@@H](C(=O)NCc2ccc(Oc3ccc(F)cc3)nc2)O1. The number of nitrogens with two attached hydrogens (primary N) is 1. The van der Waals surface area contributed by atoms with Gasteiger partial charge in [0, 0.05) is 25.4 Å². The maximum Gasteiger partial charge on any atom is 0.249 e. The number of hydrogen-bond donors (Lipinski definition) is 2. The molecule has 1 aromatic heterocycles. The number of aromatic nitrogens is 1. The van der Waals surface area contributed by atoms with Crippen LogP contribution in [-0.2, 0) is 16.1 Å². The molecule has 9 heteroatoms. The number of benzene rings is 1. The second-order valence-electron chi connectivity index (χ2n) is 5.84. The summed E-state index contributed by atoms with van der Waals surface area (Å²) in [4.78, 5) is 16.2. The molecule has 2 heterocycles. The minimum Gasteiger partial charge on any atom is -0.439 e. The molecule has 1 fully saturated rings. The van der Waals surface area contributed by atoms with Crippen molar-refractivity contribution >= 4 is 30.7 Å². The topological polar surface area (TPSA) is 86.5 Å². The fraction of sp³-hybridized carbons (Fsp3) is 0.333. The molecule has 0 saturated carbocycles. The van der Waals surface area contributed by atoms with Gasteiger partial charge in [0.05, 0.1) is 6.10 Å². The van der Waals surface area contributed by atoms with Crippen LogP contribution < -0.4 is 15.8 Å². The Balaban J connectivity index is 0.00000182. The Morgan fingerprint density at radius 3 is 2.56 bits per heavy atom. The second-order valence-corrected chi connectivity index (χ2v) is 5.84. The van der Waals surface area contributed by atoms with E-state index in [-0.39, 0.29) is 42.6 Å². The Kier molecular flexibility index (Phi) is 9.45. The van der Waals surface area contributed by atoms with Crippen molar-refractivity contribution in [2.24, 2.45) is 5.73 Å². The molecule has 1 amide bonds. The van der Waals surface area contributed by atoms with Gasteiger partial charge in [-0.3, -0.25) is 4.79 Å². The van der Waals surface area contributed by atoms with E-state index in [9.17, 15) is 9.18 Å². The minimum atomic E-state index is -0.428. The van der Waals surface area contributed by atoms with Gasteiger partial charge in [0.15, 0.2) is 0 Å². The molecule has 0 aliphatic carbocycles. The molecular formula is C18H22Cl2FN3O3. The zero-order chi connectivity index (χ0) is 17.6. The smallest absolute Gasteiger partial charge is 0.249 e. The van der Waals surface area contributed by atoms with Crippen molar-refractivity contribution in [3.63, 3.8) is 0 Å². The van der Waals surface area contributed by atoms with Crippen molar-refractivity contribution in [3.05, 3.63) is 54.0 Å². The molecule has 0 radical (unpaired) electrons. The monoisotopic (exact) mass is 417 g/mol. The van der Waals surface area contributed by atoms with Gasteiger partial charge in [-0.15, -0.1) is 24.8 Å². The maximum atomic E-state index is 12.9. The summed E-state index contributed by atoms with van der Waals surface area (Å²) in [6.07, 6.45) is 2.67. The van der Waals surface area contributed by atoms with Crippen LogP contribution >= 0.6 is 24.8 Å². The van der Waals surface area contributed by atoms with Crippen LogP contribution in [0, 0.1) is 5.82 Å². The molecule has 1 saturated heterocycles. The number of carbonyl (C=O) groups is 1. The number of carbonyl (C=O) groups excluding carboxylic acids is 1. The average molecular weight is 418 g/mol.